The third-order valence-electron chi connectivity index (χ3n) is 3.85. The molecule has 2 heteroatoms. The van der Waals surface area contributed by atoms with Gasteiger partial charge in [-0.3, -0.25) is 4.79 Å². The normalized spacial score (nSPS) is 19.6. The molecule has 0 unspecified atom stereocenters. The molecule has 0 saturated heterocycles. The minimum Gasteiger partial charge on any atom is -0.299 e. The van der Waals surface area contributed by atoms with Crippen molar-refractivity contribution < 1.29 is 4.79 Å². The number of hydrogen-bond donors (Lipinski definition) is 0. The fraction of sp³-hybridized carbons (Fsp3) is 0.643. The van der Waals surface area contributed by atoms with E-state index in [1.54, 1.807) is 11.3 Å². The second-order valence-electron chi connectivity index (χ2n) is 5.18. The van der Waals surface area contributed by atoms with Crippen molar-refractivity contribution >= 4 is 17.1 Å². The number of rotatable bonds is 4. The minimum atomic E-state index is -0.00568. The number of carbonyl (C=O) groups is 1. The van der Waals surface area contributed by atoms with E-state index in [4.69, 9.17) is 0 Å². The zero-order valence-corrected chi connectivity index (χ0v) is 10.8. The highest BCUT2D eigenvalue weighted by Crippen LogP contribution is 2.37. The highest BCUT2D eigenvalue weighted by Gasteiger charge is 2.33. The van der Waals surface area contributed by atoms with Gasteiger partial charge in [-0.15, -0.1) is 0 Å². The van der Waals surface area contributed by atoms with E-state index >= 15 is 0 Å². The van der Waals surface area contributed by atoms with Gasteiger partial charge in [0.2, 0.25) is 0 Å². The molecule has 1 aromatic rings. The van der Waals surface area contributed by atoms with Gasteiger partial charge in [-0.05, 0) is 41.7 Å². The van der Waals surface area contributed by atoms with E-state index in [0.717, 1.165) is 25.7 Å². The van der Waals surface area contributed by atoms with Gasteiger partial charge in [0.25, 0.3) is 0 Å². The third kappa shape index (κ3) is 2.73. The highest BCUT2D eigenvalue weighted by atomic mass is 32.1. The summed E-state index contributed by atoms with van der Waals surface area (Å²) in [6.07, 6.45) is 7.66. The standard InChI is InChI=1S/C14H20OS/c1-14(8-3-2-4-9-14)13(15)6-5-12-7-10-16-11-12/h7,10-11H,2-6,8-9H2,1H3. The topological polar surface area (TPSA) is 17.1 Å². The zero-order valence-electron chi connectivity index (χ0n) is 10.00. The van der Waals surface area contributed by atoms with Crippen molar-refractivity contribution in [1.82, 2.24) is 0 Å². The van der Waals surface area contributed by atoms with E-state index in [1.165, 1.54) is 24.8 Å². The van der Waals surface area contributed by atoms with E-state index in [1.807, 2.05) is 0 Å². The summed E-state index contributed by atoms with van der Waals surface area (Å²) in [5.74, 6) is 0.485. The third-order valence-corrected chi connectivity index (χ3v) is 4.58. The molecule has 1 aliphatic carbocycles. The Balaban J connectivity index is 1.87. The van der Waals surface area contributed by atoms with Gasteiger partial charge in [-0.1, -0.05) is 26.2 Å². The average molecular weight is 236 g/mol. The van der Waals surface area contributed by atoms with Crippen LogP contribution in [0.2, 0.25) is 0 Å². The van der Waals surface area contributed by atoms with Crippen molar-refractivity contribution in [3.05, 3.63) is 22.4 Å². The molecule has 88 valence electrons. The number of thiophene rings is 1. The first-order chi connectivity index (χ1) is 7.71. The number of hydrogen-bond acceptors (Lipinski definition) is 2. The van der Waals surface area contributed by atoms with Crippen LogP contribution >= 0.6 is 11.3 Å². The van der Waals surface area contributed by atoms with Crippen molar-refractivity contribution in [2.45, 2.75) is 51.9 Å². The molecule has 0 N–H and O–H groups in total. The van der Waals surface area contributed by atoms with Crippen LogP contribution in [0.3, 0.4) is 0 Å². The summed E-state index contributed by atoms with van der Waals surface area (Å²) in [7, 11) is 0. The van der Waals surface area contributed by atoms with Gasteiger partial charge >= 0.3 is 0 Å². The minimum absolute atomic E-state index is 0.00568. The lowest BCUT2D eigenvalue weighted by Gasteiger charge is -2.32. The fourth-order valence-electron chi connectivity index (χ4n) is 2.61. The highest BCUT2D eigenvalue weighted by molar-refractivity contribution is 7.07. The largest absolute Gasteiger partial charge is 0.299 e. The van der Waals surface area contributed by atoms with E-state index in [2.05, 4.69) is 23.8 Å². The Labute approximate surface area is 102 Å². The molecule has 0 aromatic carbocycles. The van der Waals surface area contributed by atoms with Crippen molar-refractivity contribution in [3.8, 4) is 0 Å². The molecule has 2 rings (SSSR count). The average Bonchev–Trinajstić information content (AvgIpc) is 2.79. The van der Waals surface area contributed by atoms with E-state index in [-0.39, 0.29) is 5.41 Å². The maximum absolute atomic E-state index is 12.2. The first kappa shape index (κ1) is 11.8. The SMILES string of the molecule is CC1(C(=O)CCc2ccsc2)CCCCC1. The van der Waals surface area contributed by atoms with Gasteiger partial charge in [0, 0.05) is 11.8 Å². The zero-order chi connectivity index (χ0) is 11.4. The molecule has 0 aliphatic heterocycles. The summed E-state index contributed by atoms with van der Waals surface area (Å²) in [5.41, 5.74) is 1.31. The summed E-state index contributed by atoms with van der Waals surface area (Å²) in [6.45, 7) is 2.17. The van der Waals surface area contributed by atoms with Crippen LogP contribution in [-0.4, -0.2) is 5.78 Å². The molecule has 1 aromatic heterocycles. The predicted octanol–water partition coefficient (Wildman–Crippen LogP) is 4.22. The first-order valence-corrected chi connectivity index (χ1v) is 7.19. The van der Waals surface area contributed by atoms with Crippen LogP contribution in [0.25, 0.3) is 0 Å². The number of carbonyl (C=O) groups excluding carboxylic acids is 1. The Morgan fingerprint density at radius 3 is 2.75 bits per heavy atom. The van der Waals surface area contributed by atoms with Crippen LogP contribution in [0.5, 0.6) is 0 Å². The molecule has 0 bridgehead atoms. The lowest BCUT2D eigenvalue weighted by atomic mass is 9.71. The first-order valence-electron chi connectivity index (χ1n) is 6.25. The van der Waals surface area contributed by atoms with E-state index < -0.39 is 0 Å². The summed E-state index contributed by atoms with van der Waals surface area (Å²) in [5, 5.41) is 4.23. The Morgan fingerprint density at radius 2 is 2.12 bits per heavy atom. The lowest BCUT2D eigenvalue weighted by molar-refractivity contribution is -0.129. The van der Waals surface area contributed by atoms with Crippen LogP contribution in [-0.2, 0) is 11.2 Å². The second kappa shape index (κ2) is 5.13. The van der Waals surface area contributed by atoms with E-state index in [9.17, 15) is 4.79 Å². The van der Waals surface area contributed by atoms with Crippen LogP contribution in [0, 0.1) is 5.41 Å². The van der Waals surface area contributed by atoms with Gasteiger partial charge in [-0.2, -0.15) is 11.3 Å². The molecule has 0 spiro atoms. The van der Waals surface area contributed by atoms with Gasteiger partial charge in [0.15, 0.2) is 0 Å². The molecule has 1 fully saturated rings. The smallest absolute Gasteiger partial charge is 0.139 e. The summed E-state index contributed by atoms with van der Waals surface area (Å²) in [4.78, 5) is 12.2. The van der Waals surface area contributed by atoms with Gasteiger partial charge in [0.05, 0.1) is 0 Å². The predicted molar refractivity (Wildman–Crippen MR) is 68.8 cm³/mol. The maximum atomic E-state index is 12.2. The van der Waals surface area contributed by atoms with Crippen LogP contribution in [0.1, 0.15) is 51.0 Å². The fourth-order valence-corrected chi connectivity index (χ4v) is 3.31. The van der Waals surface area contributed by atoms with Crippen LogP contribution < -0.4 is 0 Å². The lowest BCUT2D eigenvalue weighted by Crippen LogP contribution is -2.30. The Hall–Kier alpha value is -0.630. The maximum Gasteiger partial charge on any atom is 0.139 e. The van der Waals surface area contributed by atoms with Crippen molar-refractivity contribution in [1.29, 1.82) is 0 Å². The summed E-state index contributed by atoms with van der Waals surface area (Å²) >= 11 is 1.71. The summed E-state index contributed by atoms with van der Waals surface area (Å²) in [6, 6.07) is 2.13. The molecule has 0 radical (unpaired) electrons. The molecule has 1 nitrogen and oxygen atoms in total. The van der Waals surface area contributed by atoms with E-state index in [0.29, 0.717) is 5.78 Å². The van der Waals surface area contributed by atoms with Crippen LogP contribution in [0.4, 0.5) is 0 Å². The van der Waals surface area contributed by atoms with Crippen molar-refractivity contribution in [2.24, 2.45) is 5.41 Å². The molecule has 1 saturated carbocycles. The van der Waals surface area contributed by atoms with Crippen molar-refractivity contribution in [3.63, 3.8) is 0 Å². The van der Waals surface area contributed by atoms with Crippen molar-refractivity contribution in [2.75, 3.05) is 0 Å². The number of Topliss-reactive ketones (excluding diaryl/α,β-unsaturated/α-hetero) is 1. The molecular weight excluding hydrogens is 216 g/mol. The van der Waals surface area contributed by atoms with Crippen LogP contribution in [0.15, 0.2) is 16.8 Å². The van der Waals surface area contributed by atoms with Gasteiger partial charge < -0.3 is 0 Å². The number of ketones is 1. The van der Waals surface area contributed by atoms with Gasteiger partial charge in [-0.25, -0.2) is 0 Å². The Kier molecular flexibility index (Phi) is 3.80. The summed E-state index contributed by atoms with van der Waals surface area (Å²) < 4.78 is 0. The van der Waals surface area contributed by atoms with Gasteiger partial charge in [0.1, 0.15) is 5.78 Å². The monoisotopic (exact) mass is 236 g/mol. The molecular formula is C14H20OS. The molecule has 0 amide bonds. The molecule has 0 atom stereocenters. The molecule has 1 heterocycles. The Morgan fingerprint density at radius 1 is 1.38 bits per heavy atom. The Bertz CT molecular complexity index is 334. The quantitative estimate of drug-likeness (QED) is 0.765. The number of aryl methyl sites for hydroxylation is 1. The molecule has 16 heavy (non-hydrogen) atoms. The molecule has 1 aliphatic rings. The second-order valence-corrected chi connectivity index (χ2v) is 5.96.